The minimum absolute atomic E-state index is 0.955. The summed E-state index contributed by atoms with van der Waals surface area (Å²) in [5.41, 5.74) is 0.995. The summed E-state index contributed by atoms with van der Waals surface area (Å²) in [4.78, 5) is 0. The molecular weight excluding hydrogens is 76.1 g/mol. The molecule has 2 nitrogen and oxygen atoms in total. The molecule has 0 aliphatic heterocycles. The van der Waals surface area contributed by atoms with Gasteiger partial charge in [0.15, 0.2) is 0 Å². The summed E-state index contributed by atoms with van der Waals surface area (Å²) in [6.45, 7) is 3.92. The molecule has 0 aromatic heterocycles. The van der Waals surface area contributed by atoms with Gasteiger partial charge in [0.05, 0.1) is 0 Å². The maximum absolute atomic E-state index is 4.87. The van der Waals surface area contributed by atoms with Gasteiger partial charge in [-0.05, 0) is 13.3 Å². The van der Waals surface area contributed by atoms with E-state index in [9.17, 15) is 0 Å². The Morgan fingerprint density at radius 3 is 2.33 bits per heavy atom. The van der Waals surface area contributed by atoms with Crippen LogP contribution in [0.4, 0.5) is 0 Å². The maximum atomic E-state index is 4.87. The first kappa shape index (κ1) is 5.47. The van der Waals surface area contributed by atoms with Crippen LogP contribution in [-0.2, 0) is 0 Å². The Morgan fingerprint density at radius 1 is 1.83 bits per heavy atom. The van der Waals surface area contributed by atoms with Crippen LogP contribution in [0.3, 0.4) is 0 Å². The van der Waals surface area contributed by atoms with Crippen molar-refractivity contribution in [1.29, 1.82) is 0 Å². The molecule has 0 saturated carbocycles. The molecule has 0 spiro atoms. The van der Waals surface area contributed by atoms with Gasteiger partial charge in [-0.15, -0.1) is 0 Å². The van der Waals surface area contributed by atoms with Crippen LogP contribution in [-0.4, -0.2) is 5.71 Å². The Hall–Kier alpha value is -0.530. The van der Waals surface area contributed by atoms with Gasteiger partial charge in [0.25, 0.3) is 0 Å². The lowest BCUT2D eigenvalue weighted by Crippen LogP contribution is -1.91. The Balaban J connectivity index is 3.22. The number of hydrogen-bond donors (Lipinski definition) is 1. The van der Waals surface area contributed by atoms with Crippen molar-refractivity contribution in [3.05, 3.63) is 0 Å². The van der Waals surface area contributed by atoms with Crippen LogP contribution in [0.2, 0.25) is 0 Å². The quantitative estimate of drug-likeness (QED) is 0.285. The Morgan fingerprint density at radius 2 is 2.33 bits per heavy atom. The largest absolute Gasteiger partial charge is 0.323 e. The summed E-state index contributed by atoms with van der Waals surface area (Å²) in [5.74, 6) is 4.87. The number of hydrogen-bond acceptors (Lipinski definition) is 2. The normalized spacial score (nSPS) is 12.0. The van der Waals surface area contributed by atoms with Crippen molar-refractivity contribution in [2.75, 3.05) is 0 Å². The average Bonchev–Trinajstić information content (AvgIpc) is 1.65. The fourth-order valence-corrected chi connectivity index (χ4v) is 0.0913. The van der Waals surface area contributed by atoms with Gasteiger partial charge < -0.3 is 5.84 Å². The molecule has 0 fully saturated rings. The Labute approximate surface area is 38.0 Å². The minimum Gasteiger partial charge on any atom is -0.323 e. The van der Waals surface area contributed by atoms with Gasteiger partial charge in [-0.1, -0.05) is 6.92 Å². The predicted molar refractivity (Wildman–Crippen MR) is 27.6 cm³/mol. The fraction of sp³-hybridized carbons (Fsp3) is 0.750. The van der Waals surface area contributed by atoms with Gasteiger partial charge in [-0.2, -0.15) is 5.10 Å². The highest BCUT2D eigenvalue weighted by molar-refractivity contribution is 5.81. The molecular formula is C4H10N2. The zero-order chi connectivity index (χ0) is 4.99. The number of hydrazone groups is 1. The van der Waals surface area contributed by atoms with Crippen LogP contribution in [0.5, 0.6) is 0 Å². The zero-order valence-electron chi connectivity index (χ0n) is 4.23. The summed E-state index contributed by atoms with van der Waals surface area (Å²) < 4.78 is 0. The number of rotatable bonds is 1. The van der Waals surface area contributed by atoms with Gasteiger partial charge in [0.1, 0.15) is 0 Å². The Kier molecular flexibility index (Phi) is 2.46. The maximum Gasteiger partial charge on any atom is 0.0342 e. The van der Waals surface area contributed by atoms with Gasteiger partial charge in [-0.3, -0.25) is 0 Å². The van der Waals surface area contributed by atoms with Crippen molar-refractivity contribution >= 4 is 5.71 Å². The molecule has 6 heavy (non-hydrogen) atoms. The van der Waals surface area contributed by atoms with E-state index in [1.165, 1.54) is 0 Å². The van der Waals surface area contributed by atoms with Gasteiger partial charge in [0, 0.05) is 5.71 Å². The second-order valence-electron chi connectivity index (χ2n) is 1.22. The van der Waals surface area contributed by atoms with E-state index < -0.39 is 0 Å². The molecule has 0 rings (SSSR count). The lowest BCUT2D eigenvalue weighted by molar-refractivity contribution is 1.16. The van der Waals surface area contributed by atoms with Crippen molar-refractivity contribution in [3.63, 3.8) is 0 Å². The highest BCUT2D eigenvalue weighted by atomic mass is 15.1. The lowest BCUT2D eigenvalue weighted by Gasteiger charge is -1.83. The summed E-state index contributed by atoms with van der Waals surface area (Å²) >= 11 is 0. The molecule has 36 valence electrons. The van der Waals surface area contributed by atoms with Gasteiger partial charge in [-0.25, -0.2) is 0 Å². The van der Waals surface area contributed by atoms with E-state index in [-0.39, 0.29) is 0 Å². The smallest absolute Gasteiger partial charge is 0.0342 e. The lowest BCUT2D eigenvalue weighted by atomic mass is 10.3. The summed E-state index contributed by atoms with van der Waals surface area (Å²) in [6, 6.07) is 0. The Bertz CT molecular complexity index is 56.6. The van der Waals surface area contributed by atoms with Gasteiger partial charge in [0.2, 0.25) is 0 Å². The van der Waals surface area contributed by atoms with Crippen molar-refractivity contribution in [2.45, 2.75) is 20.3 Å². The molecule has 2 N–H and O–H groups in total. The third kappa shape index (κ3) is 1.76. The van der Waals surface area contributed by atoms with Crippen LogP contribution < -0.4 is 5.84 Å². The van der Waals surface area contributed by atoms with Crippen molar-refractivity contribution in [3.8, 4) is 0 Å². The number of nitrogens with two attached hydrogens (primary N) is 1. The van der Waals surface area contributed by atoms with Gasteiger partial charge >= 0.3 is 0 Å². The van der Waals surface area contributed by atoms with Crippen LogP contribution >= 0.6 is 0 Å². The second-order valence-corrected chi connectivity index (χ2v) is 1.22. The van der Waals surface area contributed by atoms with E-state index in [1.807, 2.05) is 13.8 Å². The molecule has 0 aromatic rings. The fourth-order valence-electron chi connectivity index (χ4n) is 0.0913. The van der Waals surface area contributed by atoms with E-state index in [0.29, 0.717) is 0 Å². The first-order chi connectivity index (χ1) is 2.81. The zero-order valence-corrected chi connectivity index (χ0v) is 4.23. The summed E-state index contributed by atoms with van der Waals surface area (Å²) in [7, 11) is 0. The van der Waals surface area contributed by atoms with Crippen LogP contribution in [0.15, 0.2) is 5.10 Å². The molecule has 0 bridgehead atoms. The standard InChI is InChI=1S/C4H10N2/c1-3-4(2)6-5/h3,5H2,1-2H3. The molecule has 0 aliphatic carbocycles. The summed E-state index contributed by atoms with van der Waals surface area (Å²) in [5, 5.41) is 3.42. The predicted octanol–water partition coefficient (Wildman–Crippen LogP) is 0.731. The second kappa shape index (κ2) is 2.69. The molecule has 0 aromatic carbocycles. The van der Waals surface area contributed by atoms with Crippen LogP contribution in [0, 0.1) is 0 Å². The molecule has 0 heterocycles. The number of nitrogens with zero attached hydrogens (tertiary/aromatic N) is 1. The highest BCUT2D eigenvalue weighted by Crippen LogP contribution is 1.76. The van der Waals surface area contributed by atoms with E-state index >= 15 is 0 Å². The molecule has 0 amide bonds. The third-order valence-electron chi connectivity index (χ3n) is 0.732. The van der Waals surface area contributed by atoms with E-state index in [1.54, 1.807) is 0 Å². The van der Waals surface area contributed by atoms with E-state index in [4.69, 9.17) is 5.84 Å². The van der Waals surface area contributed by atoms with Crippen molar-refractivity contribution < 1.29 is 0 Å². The molecule has 0 saturated heterocycles. The van der Waals surface area contributed by atoms with E-state index in [0.717, 1.165) is 12.1 Å². The minimum atomic E-state index is 0.955. The summed E-state index contributed by atoms with van der Waals surface area (Å²) in [6.07, 6.45) is 0.955. The molecule has 0 unspecified atom stereocenters. The third-order valence-corrected chi connectivity index (χ3v) is 0.732. The van der Waals surface area contributed by atoms with Crippen molar-refractivity contribution in [2.24, 2.45) is 10.9 Å². The van der Waals surface area contributed by atoms with Crippen LogP contribution in [0.1, 0.15) is 20.3 Å². The topological polar surface area (TPSA) is 38.4 Å². The van der Waals surface area contributed by atoms with E-state index in [2.05, 4.69) is 5.10 Å². The average molecular weight is 86.1 g/mol. The van der Waals surface area contributed by atoms with Crippen LogP contribution in [0.25, 0.3) is 0 Å². The molecule has 0 radical (unpaired) electrons. The first-order valence-electron chi connectivity index (χ1n) is 2.04. The molecule has 0 aliphatic rings. The molecule has 2 heteroatoms. The first-order valence-corrected chi connectivity index (χ1v) is 2.04. The van der Waals surface area contributed by atoms with Crippen molar-refractivity contribution in [1.82, 2.24) is 0 Å². The monoisotopic (exact) mass is 86.1 g/mol. The highest BCUT2D eigenvalue weighted by Gasteiger charge is 1.76. The molecule has 0 atom stereocenters. The SMILES string of the molecule is CCC(C)=NN.